The van der Waals surface area contributed by atoms with Crippen LogP contribution in [0.15, 0.2) is 28.7 Å². The highest BCUT2D eigenvalue weighted by molar-refractivity contribution is 9.10. The maximum atomic E-state index is 3.66. The van der Waals surface area contributed by atoms with E-state index in [-0.39, 0.29) is 5.54 Å². The Hall–Kier alpha value is -0.340. The summed E-state index contributed by atoms with van der Waals surface area (Å²) in [6.07, 6.45) is 2.40. The molecule has 0 fully saturated rings. The molecular weight excluding hydrogens is 298 g/mol. The lowest BCUT2D eigenvalue weighted by atomic mass is 9.85. The molecule has 1 rings (SSSR count). The van der Waals surface area contributed by atoms with Gasteiger partial charge in [-0.3, -0.25) is 0 Å². The first-order valence-corrected chi connectivity index (χ1v) is 8.10. The van der Waals surface area contributed by atoms with Crippen LogP contribution < -0.4 is 5.32 Å². The molecule has 2 atom stereocenters. The van der Waals surface area contributed by atoms with Crippen molar-refractivity contribution in [2.24, 2.45) is 11.8 Å². The molecule has 2 heteroatoms. The van der Waals surface area contributed by atoms with E-state index in [4.69, 9.17) is 0 Å². The van der Waals surface area contributed by atoms with Crippen molar-refractivity contribution < 1.29 is 0 Å². The van der Waals surface area contributed by atoms with E-state index in [0.29, 0.717) is 5.92 Å². The summed E-state index contributed by atoms with van der Waals surface area (Å²) >= 11 is 3.50. The zero-order chi connectivity index (χ0) is 14.5. The average molecular weight is 326 g/mol. The number of hydrogen-bond acceptors (Lipinski definition) is 1. The summed E-state index contributed by atoms with van der Waals surface area (Å²) in [4.78, 5) is 0. The summed E-state index contributed by atoms with van der Waals surface area (Å²) in [5.41, 5.74) is 1.63. The fourth-order valence-electron chi connectivity index (χ4n) is 2.17. The molecule has 0 bridgehead atoms. The number of nitrogens with one attached hydrogen (secondary N) is 1. The van der Waals surface area contributed by atoms with Gasteiger partial charge >= 0.3 is 0 Å². The number of benzene rings is 1. The molecule has 1 aromatic rings. The van der Waals surface area contributed by atoms with Crippen molar-refractivity contribution in [3.63, 3.8) is 0 Å². The molecule has 0 aliphatic rings. The van der Waals surface area contributed by atoms with Gasteiger partial charge in [-0.15, -0.1) is 0 Å². The molecular formula is C17H28BrN. The van der Waals surface area contributed by atoms with E-state index in [0.717, 1.165) is 23.4 Å². The Morgan fingerprint density at radius 2 is 1.74 bits per heavy atom. The van der Waals surface area contributed by atoms with Crippen LogP contribution in [0, 0.1) is 11.8 Å². The molecule has 0 aliphatic carbocycles. The Bertz CT molecular complexity index is 364. The molecule has 1 N–H and O–H groups in total. The summed E-state index contributed by atoms with van der Waals surface area (Å²) in [5, 5.41) is 3.66. The molecule has 0 spiro atoms. The van der Waals surface area contributed by atoms with Crippen molar-refractivity contribution in [3.8, 4) is 0 Å². The van der Waals surface area contributed by atoms with E-state index in [1.165, 1.54) is 12.0 Å². The molecule has 1 aromatic carbocycles. The van der Waals surface area contributed by atoms with Gasteiger partial charge in [0.15, 0.2) is 0 Å². The topological polar surface area (TPSA) is 12.0 Å². The summed E-state index contributed by atoms with van der Waals surface area (Å²) in [6, 6.07) is 8.74. The van der Waals surface area contributed by atoms with Gasteiger partial charge in [0.05, 0.1) is 0 Å². The number of halogens is 1. The summed E-state index contributed by atoms with van der Waals surface area (Å²) in [7, 11) is 0. The van der Waals surface area contributed by atoms with Crippen LogP contribution in [-0.2, 0) is 6.42 Å². The molecule has 108 valence electrons. The highest BCUT2D eigenvalue weighted by atomic mass is 79.9. The first-order chi connectivity index (χ1) is 8.81. The van der Waals surface area contributed by atoms with E-state index in [9.17, 15) is 0 Å². The predicted molar refractivity (Wildman–Crippen MR) is 88.5 cm³/mol. The van der Waals surface area contributed by atoms with Crippen molar-refractivity contribution in [2.45, 2.75) is 53.0 Å². The monoisotopic (exact) mass is 325 g/mol. The fourth-order valence-corrected chi connectivity index (χ4v) is 2.43. The average Bonchev–Trinajstić information content (AvgIpc) is 2.34. The first kappa shape index (κ1) is 16.7. The van der Waals surface area contributed by atoms with Crippen molar-refractivity contribution in [1.29, 1.82) is 0 Å². The molecule has 0 radical (unpaired) electrons. The van der Waals surface area contributed by atoms with Crippen molar-refractivity contribution in [3.05, 3.63) is 34.3 Å². The van der Waals surface area contributed by atoms with Crippen LogP contribution in [0.1, 0.15) is 46.6 Å². The SMILES string of the molecule is CCC(C)C(CNC(C)(C)C)Cc1ccc(Br)cc1. The molecule has 0 amide bonds. The Balaban J connectivity index is 2.66. The standard InChI is InChI=1S/C17H28BrN/c1-6-13(2)15(12-19-17(3,4)5)11-14-7-9-16(18)10-8-14/h7-10,13,15,19H,6,11-12H2,1-5H3. The number of rotatable bonds is 6. The van der Waals surface area contributed by atoms with Gasteiger partial charge in [-0.2, -0.15) is 0 Å². The molecule has 19 heavy (non-hydrogen) atoms. The molecule has 0 heterocycles. The molecule has 0 saturated carbocycles. The lowest BCUT2D eigenvalue weighted by Crippen LogP contribution is -2.41. The third-order valence-electron chi connectivity index (χ3n) is 3.75. The molecule has 0 saturated heterocycles. The van der Waals surface area contributed by atoms with Crippen LogP contribution in [0.3, 0.4) is 0 Å². The van der Waals surface area contributed by atoms with Gasteiger partial charge in [-0.05, 0) is 63.3 Å². The van der Waals surface area contributed by atoms with Crippen molar-refractivity contribution in [1.82, 2.24) is 5.32 Å². The predicted octanol–water partition coefficient (Wildman–Crippen LogP) is 5.04. The smallest absolute Gasteiger partial charge is 0.0175 e. The zero-order valence-electron chi connectivity index (χ0n) is 13.0. The lowest BCUT2D eigenvalue weighted by molar-refractivity contribution is 0.292. The lowest BCUT2D eigenvalue weighted by Gasteiger charge is -2.29. The summed E-state index contributed by atoms with van der Waals surface area (Å²) < 4.78 is 1.16. The van der Waals surface area contributed by atoms with Crippen molar-refractivity contribution in [2.75, 3.05) is 6.54 Å². The second-order valence-electron chi connectivity index (χ2n) is 6.61. The second-order valence-corrected chi connectivity index (χ2v) is 7.52. The van der Waals surface area contributed by atoms with Gasteiger partial charge in [0.2, 0.25) is 0 Å². The molecule has 1 nitrogen and oxygen atoms in total. The van der Waals surface area contributed by atoms with Gasteiger partial charge in [0, 0.05) is 10.0 Å². The Morgan fingerprint density at radius 3 is 2.21 bits per heavy atom. The first-order valence-electron chi connectivity index (χ1n) is 7.31. The van der Waals surface area contributed by atoms with E-state index < -0.39 is 0 Å². The Morgan fingerprint density at radius 1 is 1.16 bits per heavy atom. The van der Waals surface area contributed by atoms with Gasteiger partial charge < -0.3 is 5.32 Å². The van der Waals surface area contributed by atoms with Gasteiger partial charge in [0.1, 0.15) is 0 Å². The van der Waals surface area contributed by atoms with Gasteiger partial charge in [0.25, 0.3) is 0 Å². The third-order valence-corrected chi connectivity index (χ3v) is 4.28. The third kappa shape index (κ3) is 6.58. The minimum absolute atomic E-state index is 0.200. The number of hydrogen-bond donors (Lipinski definition) is 1. The minimum Gasteiger partial charge on any atom is -0.312 e. The minimum atomic E-state index is 0.200. The quantitative estimate of drug-likeness (QED) is 0.772. The van der Waals surface area contributed by atoms with Crippen molar-refractivity contribution >= 4 is 15.9 Å². The van der Waals surface area contributed by atoms with Crippen LogP contribution in [0.2, 0.25) is 0 Å². The largest absolute Gasteiger partial charge is 0.312 e. The van der Waals surface area contributed by atoms with Crippen LogP contribution in [0.25, 0.3) is 0 Å². The maximum absolute atomic E-state index is 3.66. The Kier molecular flexibility index (Phi) is 6.55. The highest BCUT2D eigenvalue weighted by Gasteiger charge is 2.19. The maximum Gasteiger partial charge on any atom is 0.0175 e. The second kappa shape index (κ2) is 7.44. The highest BCUT2D eigenvalue weighted by Crippen LogP contribution is 2.21. The van der Waals surface area contributed by atoms with E-state index >= 15 is 0 Å². The van der Waals surface area contributed by atoms with Crippen LogP contribution >= 0.6 is 15.9 Å². The molecule has 0 aromatic heterocycles. The van der Waals surface area contributed by atoms with Crippen LogP contribution in [0.4, 0.5) is 0 Å². The summed E-state index contributed by atoms with van der Waals surface area (Å²) in [6.45, 7) is 12.5. The van der Waals surface area contributed by atoms with E-state index in [1.807, 2.05) is 0 Å². The molecule has 2 unspecified atom stereocenters. The van der Waals surface area contributed by atoms with Gasteiger partial charge in [-0.25, -0.2) is 0 Å². The zero-order valence-corrected chi connectivity index (χ0v) is 14.5. The van der Waals surface area contributed by atoms with Crippen LogP contribution in [0.5, 0.6) is 0 Å². The normalized spacial score (nSPS) is 15.3. The molecule has 0 aliphatic heterocycles. The van der Waals surface area contributed by atoms with E-state index in [1.54, 1.807) is 0 Å². The van der Waals surface area contributed by atoms with Gasteiger partial charge in [-0.1, -0.05) is 48.3 Å². The fraction of sp³-hybridized carbons (Fsp3) is 0.647. The van der Waals surface area contributed by atoms with Crippen LogP contribution in [-0.4, -0.2) is 12.1 Å². The summed E-state index contributed by atoms with van der Waals surface area (Å²) in [5.74, 6) is 1.45. The Labute approximate surface area is 127 Å². The van der Waals surface area contributed by atoms with E-state index in [2.05, 4.69) is 80.1 Å².